The SMILES string of the molecule is CC[C@H](C(=O)NCC(C)C)N(Cc1ccc(OC)cc1)C(=O)CN(c1ccccc1)S(=O)(=O)c1ccc(C)cc1. The number of sulfonamides is 1. The number of para-hydroxylation sites is 1. The topological polar surface area (TPSA) is 96.0 Å². The smallest absolute Gasteiger partial charge is 0.264 e. The van der Waals surface area contributed by atoms with Crippen LogP contribution in [0.25, 0.3) is 0 Å². The lowest BCUT2D eigenvalue weighted by molar-refractivity contribution is -0.140. The molecule has 1 N–H and O–H groups in total. The number of rotatable bonds is 13. The fraction of sp³-hybridized carbons (Fsp3) is 0.355. The maximum absolute atomic E-state index is 14.0. The van der Waals surface area contributed by atoms with Gasteiger partial charge < -0.3 is 15.0 Å². The molecule has 0 radical (unpaired) electrons. The molecule has 0 spiro atoms. The van der Waals surface area contributed by atoms with Crippen molar-refractivity contribution in [3.05, 3.63) is 90.0 Å². The Hall–Kier alpha value is -3.85. The van der Waals surface area contributed by atoms with Gasteiger partial charge in [-0.15, -0.1) is 0 Å². The monoisotopic (exact) mass is 565 g/mol. The zero-order valence-electron chi connectivity index (χ0n) is 23.8. The van der Waals surface area contributed by atoms with Gasteiger partial charge >= 0.3 is 0 Å². The molecule has 0 fully saturated rings. The van der Waals surface area contributed by atoms with Crippen molar-refractivity contribution >= 4 is 27.5 Å². The van der Waals surface area contributed by atoms with Crippen LogP contribution >= 0.6 is 0 Å². The molecule has 0 aliphatic carbocycles. The summed E-state index contributed by atoms with van der Waals surface area (Å²) < 4.78 is 34.1. The molecule has 1 atom stereocenters. The Morgan fingerprint density at radius 2 is 1.55 bits per heavy atom. The summed E-state index contributed by atoms with van der Waals surface area (Å²) in [4.78, 5) is 28.9. The van der Waals surface area contributed by atoms with Gasteiger partial charge in [-0.05, 0) is 61.2 Å². The maximum atomic E-state index is 14.0. The van der Waals surface area contributed by atoms with Gasteiger partial charge in [0.05, 0.1) is 17.7 Å². The Morgan fingerprint density at radius 1 is 0.925 bits per heavy atom. The molecule has 0 aliphatic rings. The number of ether oxygens (including phenoxy) is 1. The molecule has 40 heavy (non-hydrogen) atoms. The third-order valence-corrected chi connectivity index (χ3v) is 8.30. The summed E-state index contributed by atoms with van der Waals surface area (Å²) in [7, 11) is -2.51. The van der Waals surface area contributed by atoms with Crippen LogP contribution in [0.1, 0.15) is 38.3 Å². The third kappa shape index (κ3) is 7.85. The second kappa shape index (κ2) is 14.0. The van der Waals surface area contributed by atoms with Gasteiger partial charge in [-0.25, -0.2) is 8.42 Å². The summed E-state index contributed by atoms with van der Waals surface area (Å²) in [6, 6.07) is 21.5. The van der Waals surface area contributed by atoms with Gasteiger partial charge in [0, 0.05) is 13.1 Å². The minimum Gasteiger partial charge on any atom is -0.497 e. The minimum atomic E-state index is -4.09. The molecule has 3 aromatic carbocycles. The fourth-order valence-electron chi connectivity index (χ4n) is 4.23. The maximum Gasteiger partial charge on any atom is 0.264 e. The lowest BCUT2D eigenvalue weighted by atomic mass is 10.1. The zero-order chi connectivity index (χ0) is 29.3. The van der Waals surface area contributed by atoms with Crippen LogP contribution in [0.3, 0.4) is 0 Å². The van der Waals surface area contributed by atoms with E-state index in [4.69, 9.17) is 4.74 Å². The number of nitrogens with one attached hydrogen (secondary N) is 1. The van der Waals surface area contributed by atoms with Crippen molar-refractivity contribution in [3.63, 3.8) is 0 Å². The summed E-state index contributed by atoms with van der Waals surface area (Å²) in [5.41, 5.74) is 2.07. The van der Waals surface area contributed by atoms with Gasteiger partial charge in [0.1, 0.15) is 18.3 Å². The van der Waals surface area contributed by atoms with Crippen molar-refractivity contribution in [2.45, 2.75) is 51.6 Å². The minimum absolute atomic E-state index is 0.0816. The molecule has 0 heterocycles. The van der Waals surface area contributed by atoms with Gasteiger partial charge in [-0.1, -0.05) is 68.8 Å². The summed E-state index contributed by atoms with van der Waals surface area (Å²) in [5, 5.41) is 2.93. The van der Waals surface area contributed by atoms with Crippen molar-refractivity contribution in [1.82, 2.24) is 10.2 Å². The average Bonchev–Trinajstić information content (AvgIpc) is 2.95. The van der Waals surface area contributed by atoms with Crippen LogP contribution in [0.5, 0.6) is 5.75 Å². The van der Waals surface area contributed by atoms with Crippen molar-refractivity contribution in [2.24, 2.45) is 5.92 Å². The molecule has 0 saturated heterocycles. The number of carbonyl (C=O) groups excluding carboxylic acids is 2. The highest BCUT2D eigenvalue weighted by Gasteiger charge is 2.33. The van der Waals surface area contributed by atoms with E-state index >= 15 is 0 Å². The Balaban J connectivity index is 2.01. The molecule has 8 nitrogen and oxygen atoms in total. The summed E-state index contributed by atoms with van der Waals surface area (Å²) in [5.74, 6) is 0.149. The van der Waals surface area contributed by atoms with E-state index in [9.17, 15) is 18.0 Å². The first-order chi connectivity index (χ1) is 19.1. The molecule has 0 bridgehead atoms. The largest absolute Gasteiger partial charge is 0.497 e. The number of nitrogens with zero attached hydrogens (tertiary/aromatic N) is 2. The lowest BCUT2D eigenvalue weighted by Crippen LogP contribution is -2.52. The predicted octanol–water partition coefficient (Wildman–Crippen LogP) is 4.78. The van der Waals surface area contributed by atoms with Crippen LogP contribution in [-0.2, 0) is 26.2 Å². The molecule has 3 aromatic rings. The molecule has 0 aliphatic heterocycles. The quantitative estimate of drug-likeness (QED) is 0.322. The van der Waals surface area contributed by atoms with E-state index in [0.29, 0.717) is 24.4 Å². The number of aryl methyl sites for hydroxylation is 1. The molecule has 0 saturated carbocycles. The molecule has 0 aromatic heterocycles. The zero-order valence-corrected chi connectivity index (χ0v) is 24.6. The highest BCUT2D eigenvalue weighted by Crippen LogP contribution is 2.25. The highest BCUT2D eigenvalue weighted by atomic mass is 32.2. The molecule has 0 unspecified atom stereocenters. The molecular formula is C31H39N3O5S. The average molecular weight is 566 g/mol. The van der Waals surface area contributed by atoms with E-state index in [1.54, 1.807) is 61.7 Å². The first-order valence-electron chi connectivity index (χ1n) is 13.4. The molecule has 2 amide bonds. The van der Waals surface area contributed by atoms with E-state index in [1.165, 1.54) is 17.0 Å². The Labute approximate surface area is 238 Å². The van der Waals surface area contributed by atoms with E-state index < -0.39 is 28.5 Å². The van der Waals surface area contributed by atoms with Gasteiger partial charge in [0.2, 0.25) is 11.8 Å². The molecule has 9 heteroatoms. The second-order valence-corrected chi connectivity index (χ2v) is 12.0. The van der Waals surface area contributed by atoms with Crippen molar-refractivity contribution in [1.29, 1.82) is 0 Å². The Kier molecular flexibility index (Phi) is 10.7. The van der Waals surface area contributed by atoms with Crippen molar-refractivity contribution < 1.29 is 22.7 Å². The number of hydrogen-bond acceptors (Lipinski definition) is 5. The highest BCUT2D eigenvalue weighted by molar-refractivity contribution is 7.92. The van der Waals surface area contributed by atoms with E-state index in [1.807, 2.05) is 39.8 Å². The number of amides is 2. The first-order valence-corrected chi connectivity index (χ1v) is 14.8. The first kappa shape index (κ1) is 30.7. The number of anilines is 1. The number of carbonyl (C=O) groups is 2. The molecular weight excluding hydrogens is 526 g/mol. The van der Waals surface area contributed by atoms with Gasteiger partial charge in [0.25, 0.3) is 10.0 Å². The number of hydrogen-bond donors (Lipinski definition) is 1. The van der Waals surface area contributed by atoms with Crippen LogP contribution in [0.15, 0.2) is 83.8 Å². The van der Waals surface area contributed by atoms with Crippen molar-refractivity contribution in [3.8, 4) is 5.75 Å². The molecule has 214 valence electrons. The van der Waals surface area contributed by atoms with Crippen LogP contribution < -0.4 is 14.4 Å². The van der Waals surface area contributed by atoms with Gasteiger partial charge in [-0.3, -0.25) is 13.9 Å². The van der Waals surface area contributed by atoms with E-state index in [-0.39, 0.29) is 23.3 Å². The van der Waals surface area contributed by atoms with Gasteiger partial charge in [-0.2, -0.15) is 0 Å². The normalized spacial score (nSPS) is 12.1. The summed E-state index contributed by atoms with van der Waals surface area (Å²) in [6.45, 7) is 7.84. The number of methoxy groups -OCH3 is 1. The van der Waals surface area contributed by atoms with Crippen LogP contribution in [0.4, 0.5) is 5.69 Å². The van der Waals surface area contributed by atoms with Crippen LogP contribution in [0.2, 0.25) is 0 Å². The lowest BCUT2D eigenvalue weighted by Gasteiger charge is -2.33. The van der Waals surface area contributed by atoms with E-state index in [0.717, 1.165) is 15.4 Å². The van der Waals surface area contributed by atoms with Crippen LogP contribution in [0, 0.1) is 12.8 Å². The van der Waals surface area contributed by atoms with E-state index in [2.05, 4.69) is 5.32 Å². The van der Waals surface area contributed by atoms with Gasteiger partial charge in [0.15, 0.2) is 0 Å². The Bertz CT molecular complexity index is 1360. The van der Waals surface area contributed by atoms with Crippen LogP contribution in [-0.4, -0.2) is 51.4 Å². The Morgan fingerprint density at radius 3 is 2.10 bits per heavy atom. The third-order valence-electron chi connectivity index (χ3n) is 6.51. The number of benzene rings is 3. The van der Waals surface area contributed by atoms with Crippen molar-refractivity contribution in [2.75, 3.05) is 24.5 Å². The fourth-order valence-corrected chi connectivity index (χ4v) is 5.64. The second-order valence-electron chi connectivity index (χ2n) is 10.1. The molecule has 3 rings (SSSR count). The predicted molar refractivity (Wildman–Crippen MR) is 158 cm³/mol. The summed E-state index contributed by atoms with van der Waals surface area (Å²) in [6.07, 6.45) is 0.363. The summed E-state index contributed by atoms with van der Waals surface area (Å²) >= 11 is 0. The standard InChI is InChI=1S/C31H39N3O5S/c1-6-29(31(36)32-20-23(2)3)33(21-25-14-16-27(39-5)17-15-25)30(35)22-34(26-10-8-7-9-11-26)40(37,38)28-18-12-24(4)13-19-28/h7-19,23,29H,6,20-22H2,1-5H3,(H,32,36)/t29-/m1/s1.